The molecule has 4 N–H and O–H groups in total. The predicted octanol–water partition coefficient (Wildman–Crippen LogP) is 3.75. The van der Waals surface area contributed by atoms with Crippen molar-refractivity contribution in [1.82, 2.24) is 5.32 Å². The maximum atomic E-state index is 12.2. The Balaban J connectivity index is 1.60. The second kappa shape index (κ2) is 7.29. The van der Waals surface area contributed by atoms with Crippen LogP contribution < -0.4 is 16.4 Å². The summed E-state index contributed by atoms with van der Waals surface area (Å²) in [5, 5.41) is 5.97. The van der Waals surface area contributed by atoms with Gasteiger partial charge in [0.25, 0.3) is 0 Å². The van der Waals surface area contributed by atoms with Gasteiger partial charge in [0.1, 0.15) is 0 Å². The molecule has 0 spiro atoms. The van der Waals surface area contributed by atoms with Gasteiger partial charge >= 0.3 is 6.03 Å². The van der Waals surface area contributed by atoms with Crippen molar-refractivity contribution in [2.45, 2.75) is 37.8 Å². The van der Waals surface area contributed by atoms with Gasteiger partial charge in [-0.25, -0.2) is 4.79 Å². The van der Waals surface area contributed by atoms with Crippen molar-refractivity contribution >= 4 is 11.7 Å². The third kappa shape index (κ3) is 4.33. The smallest absolute Gasteiger partial charge is 0.319 e. The highest BCUT2D eigenvalue weighted by atomic mass is 16.2. The van der Waals surface area contributed by atoms with Gasteiger partial charge in [0.15, 0.2) is 0 Å². The lowest BCUT2D eigenvalue weighted by Gasteiger charge is -2.26. The highest BCUT2D eigenvalue weighted by Crippen LogP contribution is 2.22. The fraction of sp³-hybridized carbons (Fsp3) is 0.316. The summed E-state index contributed by atoms with van der Waals surface area (Å²) in [4.78, 5) is 12.2. The third-order valence-electron chi connectivity index (χ3n) is 4.33. The molecule has 0 bridgehead atoms. The minimum atomic E-state index is -0.143. The van der Waals surface area contributed by atoms with Gasteiger partial charge < -0.3 is 16.4 Å². The zero-order valence-electron chi connectivity index (χ0n) is 13.2. The molecule has 23 heavy (non-hydrogen) atoms. The van der Waals surface area contributed by atoms with Crippen molar-refractivity contribution < 1.29 is 4.79 Å². The lowest BCUT2D eigenvalue weighted by Crippen LogP contribution is -2.42. The lowest BCUT2D eigenvalue weighted by molar-refractivity contribution is 0.242. The average molecular weight is 309 g/mol. The molecular weight excluding hydrogens is 286 g/mol. The molecule has 120 valence electrons. The number of benzene rings is 2. The van der Waals surface area contributed by atoms with E-state index in [2.05, 4.69) is 22.8 Å². The van der Waals surface area contributed by atoms with Gasteiger partial charge in [0.05, 0.1) is 0 Å². The van der Waals surface area contributed by atoms with Crippen LogP contribution in [0.25, 0.3) is 11.1 Å². The second-order valence-corrected chi connectivity index (χ2v) is 6.16. The molecule has 0 radical (unpaired) electrons. The van der Waals surface area contributed by atoms with Gasteiger partial charge in [-0.15, -0.1) is 0 Å². The summed E-state index contributed by atoms with van der Waals surface area (Å²) in [6.07, 6.45) is 3.88. The molecule has 1 aliphatic rings. The maximum Gasteiger partial charge on any atom is 0.319 e. The monoisotopic (exact) mass is 309 g/mol. The molecule has 2 aromatic carbocycles. The van der Waals surface area contributed by atoms with E-state index in [4.69, 9.17) is 5.73 Å². The SMILES string of the molecule is NC1CCC(NC(=O)Nc2cccc(-c3ccccc3)c2)CC1. The molecule has 2 aromatic rings. The van der Waals surface area contributed by atoms with E-state index in [0.29, 0.717) is 6.04 Å². The summed E-state index contributed by atoms with van der Waals surface area (Å²) in [5.41, 5.74) is 8.92. The molecule has 0 unspecified atom stereocenters. The first-order chi connectivity index (χ1) is 11.2. The zero-order chi connectivity index (χ0) is 16.1. The van der Waals surface area contributed by atoms with Crippen molar-refractivity contribution in [1.29, 1.82) is 0 Å². The van der Waals surface area contributed by atoms with Crippen molar-refractivity contribution in [3.63, 3.8) is 0 Å². The number of hydrogen-bond donors (Lipinski definition) is 3. The number of rotatable bonds is 3. The van der Waals surface area contributed by atoms with Crippen LogP contribution in [0.1, 0.15) is 25.7 Å². The average Bonchev–Trinajstić information content (AvgIpc) is 2.58. The number of urea groups is 1. The number of nitrogens with one attached hydrogen (secondary N) is 2. The van der Waals surface area contributed by atoms with Crippen molar-refractivity contribution in [2.75, 3.05) is 5.32 Å². The molecule has 0 atom stereocenters. The standard InChI is InChI=1S/C19H23N3O/c20-16-9-11-17(12-10-16)21-19(23)22-18-8-4-7-15(13-18)14-5-2-1-3-6-14/h1-8,13,16-17H,9-12,20H2,(H2,21,22,23). The van der Waals surface area contributed by atoms with E-state index in [1.54, 1.807) is 0 Å². The normalized spacial score (nSPS) is 20.7. The Labute approximate surface area is 137 Å². The Bertz CT molecular complexity index is 649. The highest BCUT2D eigenvalue weighted by molar-refractivity contribution is 5.90. The van der Waals surface area contributed by atoms with Crippen LogP contribution in [-0.4, -0.2) is 18.1 Å². The van der Waals surface area contributed by atoms with Crippen molar-refractivity contribution in [3.05, 3.63) is 54.6 Å². The van der Waals surface area contributed by atoms with Crippen LogP contribution in [0, 0.1) is 0 Å². The van der Waals surface area contributed by atoms with Crippen LogP contribution in [0.15, 0.2) is 54.6 Å². The van der Waals surface area contributed by atoms with E-state index >= 15 is 0 Å². The molecule has 1 saturated carbocycles. The van der Waals surface area contributed by atoms with Gasteiger partial charge in [0, 0.05) is 17.8 Å². The quantitative estimate of drug-likeness (QED) is 0.808. The number of carbonyl (C=O) groups is 1. The van der Waals surface area contributed by atoms with Gasteiger partial charge in [-0.2, -0.15) is 0 Å². The van der Waals surface area contributed by atoms with Crippen LogP contribution in [0.3, 0.4) is 0 Å². The number of carbonyl (C=O) groups excluding carboxylic acids is 1. The predicted molar refractivity (Wildman–Crippen MR) is 94.3 cm³/mol. The Hall–Kier alpha value is -2.33. The van der Waals surface area contributed by atoms with Crippen LogP contribution in [-0.2, 0) is 0 Å². The molecule has 3 rings (SSSR count). The van der Waals surface area contributed by atoms with E-state index in [1.165, 1.54) is 0 Å². The van der Waals surface area contributed by atoms with Crippen LogP contribution in [0.5, 0.6) is 0 Å². The van der Waals surface area contributed by atoms with Crippen molar-refractivity contribution in [2.24, 2.45) is 5.73 Å². The Morgan fingerprint density at radius 1 is 0.913 bits per heavy atom. The molecule has 0 saturated heterocycles. The van der Waals surface area contributed by atoms with Gasteiger partial charge in [-0.3, -0.25) is 0 Å². The fourth-order valence-corrected chi connectivity index (χ4v) is 3.02. The fourth-order valence-electron chi connectivity index (χ4n) is 3.02. The molecule has 1 aliphatic carbocycles. The maximum absolute atomic E-state index is 12.2. The number of hydrogen-bond acceptors (Lipinski definition) is 2. The minimum Gasteiger partial charge on any atom is -0.335 e. The lowest BCUT2D eigenvalue weighted by atomic mass is 9.92. The van der Waals surface area contributed by atoms with E-state index < -0.39 is 0 Å². The summed E-state index contributed by atoms with van der Waals surface area (Å²) in [6.45, 7) is 0. The first kappa shape index (κ1) is 15.6. The van der Waals surface area contributed by atoms with Crippen LogP contribution in [0.2, 0.25) is 0 Å². The number of anilines is 1. The topological polar surface area (TPSA) is 67.1 Å². The molecule has 1 fully saturated rings. The first-order valence-electron chi connectivity index (χ1n) is 8.19. The van der Waals surface area contributed by atoms with Crippen LogP contribution in [0.4, 0.5) is 10.5 Å². The molecule has 0 aromatic heterocycles. The molecule has 0 aliphatic heterocycles. The third-order valence-corrected chi connectivity index (χ3v) is 4.33. The summed E-state index contributed by atoms with van der Waals surface area (Å²) in [6, 6.07) is 18.4. The summed E-state index contributed by atoms with van der Waals surface area (Å²) in [7, 11) is 0. The molecule has 2 amide bonds. The zero-order valence-corrected chi connectivity index (χ0v) is 13.2. The van der Waals surface area contributed by atoms with Gasteiger partial charge in [-0.05, 0) is 48.9 Å². The summed E-state index contributed by atoms with van der Waals surface area (Å²) >= 11 is 0. The van der Waals surface area contributed by atoms with Crippen LogP contribution >= 0.6 is 0 Å². The second-order valence-electron chi connectivity index (χ2n) is 6.16. The van der Waals surface area contributed by atoms with E-state index in [0.717, 1.165) is 42.5 Å². The molecule has 4 heteroatoms. The summed E-state index contributed by atoms with van der Waals surface area (Å²) in [5.74, 6) is 0. The molecule has 0 heterocycles. The van der Waals surface area contributed by atoms with Crippen molar-refractivity contribution in [3.8, 4) is 11.1 Å². The number of amides is 2. The van der Waals surface area contributed by atoms with E-state index in [1.807, 2.05) is 42.5 Å². The molecular formula is C19H23N3O. The van der Waals surface area contributed by atoms with Gasteiger partial charge in [-0.1, -0.05) is 42.5 Å². The van der Waals surface area contributed by atoms with Gasteiger partial charge in [0.2, 0.25) is 0 Å². The Kier molecular flexibility index (Phi) is 4.93. The first-order valence-corrected chi connectivity index (χ1v) is 8.19. The Morgan fingerprint density at radius 3 is 2.35 bits per heavy atom. The number of nitrogens with two attached hydrogens (primary N) is 1. The summed E-state index contributed by atoms with van der Waals surface area (Å²) < 4.78 is 0. The largest absolute Gasteiger partial charge is 0.335 e. The van der Waals surface area contributed by atoms with E-state index in [9.17, 15) is 4.79 Å². The van der Waals surface area contributed by atoms with E-state index in [-0.39, 0.29) is 12.1 Å². The minimum absolute atomic E-state index is 0.143. The highest BCUT2D eigenvalue weighted by Gasteiger charge is 2.19. The Morgan fingerprint density at radius 2 is 1.61 bits per heavy atom. The molecule has 4 nitrogen and oxygen atoms in total.